The maximum absolute atomic E-state index is 5.39. The first-order valence-corrected chi connectivity index (χ1v) is 7.93. The Kier molecular flexibility index (Phi) is 6.87. The van der Waals surface area contributed by atoms with E-state index in [4.69, 9.17) is 4.52 Å². The molecule has 0 aliphatic rings. The second-order valence-electron chi connectivity index (χ2n) is 6.22. The summed E-state index contributed by atoms with van der Waals surface area (Å²) in [5.74, 6) is 1.74. The first kappa shape index (κ1) is 18.5. The number of rotatable bonds is 7. The summed E-state index contributed by atoms with van der Waals surface area (Å²) in [4.78, 5) is 6.48. The Labute approximate surface area is 134 Å². The highest BCUT2D eigenvalue weighted by molar-refractivity contribution is 5.79. The van der Waals surface area contributed by atoms with Crippen LogP contribution < -0.4 is 10.6 Å². The molecule has 6 nitrogen and oxygen atoms in total. The molecule has 0 saturated carbocycles. The van der Waals surface area contributed by atoms with E-state index in [0.29, 0.717) is 6.54 Å². The summed E-state index contributed by atoms with van der Waals surface area (Å²) < 4.78 is 5.39. The second-order valence-corrected chi connectivity index (χ2v) is 6.22. The van der Waals surface area contributed by atoms with Gasteiger partial charge in [-0.05, 0) is 34.4 Å². The van der Waals surface area contributed by atoms with Gasteiger partial charge in [-0.3, -0.25) is 4.99 Å². The maximum Gasteiger partial charge on any atom is 0.191 e. The van der Waals surface area contributed by atoms with Crippen molar-refractivity contribution in [3.63, 3.8) is 0 Å². The normalized spacial score (nSPS) is 12.8. The maximum atomic E-state index is 5.39. The highest BCUT2D eigenvalue weighted by atomic mass is 16.5. The van der Waals surface area contributed by atoms with E-state index < -0.39 is 0 Å². The van der Waals surface area contributed by atoms with Crippen LogP contribution in [0.25, 0.3) is 0 Å². The lowest BCUT2D eigenvalue weighted by molar-refractivity contribution is 0.197. The van der Waals surface area contributed by atoms with Crippen LogP contribution in [0.2, 0.25) is 0 Å². The molecule has 0 aliphatic carbocycles. The molecule has 0 saturated heterocycles. The van der Waals surface area contributed by atoms with E-state index in [9.17, 15) is 0 Å². The van der Waals surface area contributed by atoms with Crippen molar-refractivity contribution >= 4 is 5.96 Å². The van der Waals surface area contributed by atoms with Gasteiger partial charge in [0.05, 0.1) is 5.69 Å². The molecule has 126 valence electrons. The molecular formula is C16H31N5O. The molecule has 22 heavy (non-hydrogen) atoms. The number of aromatic nitrogens is 1. The number of aryl methyl sites for hydroxylation is 2. The predicted molar refractivity (Wildman–Crippen MR) is 91.2 cm³/mol. The molecule has 1 heterocycles. The average Bonchev–Trinajstić information content (AvgIpc) is 2.89. The van der Waals surface area contributed by atoms with E-state index in [-0.39, 0.29) is 5.54 Å². The van der Waals surface area contributed by atoms with Gasteiger partial charge in [0, 0.05) is 37.7 Å². The van der Waals surface area contributed by atoms with Gasteiger partial charge < -0.3 is 20.1 Å². The summed E-state index contributed by atoms with van der Waals surface area (Å²) in [6, 6.07) is 0. The molecule has 0 radical (unpaired) electrons. The molecule has 0 spiro atoms. The van der Waals surface area contributed by atoms with Gasteiger partial charge in [0.25, 0.3) is 0 Å². The largest absolute Gasteiger partial charge is 0.361 e. The van der Waals surface area contributed by atoms with Crippen molar-refractivity contribution in [2.75, 3.05) is 27.7 Å². The Morgan fingerprint density at radius 2 is 1.91 bits per heavy atom. The average molecular weight is 309 g/mol. The lowest BCUT2D eigenvalue weighted by Crippen LogP contribution is -2.50. The van der Waals surface area contributed by atoms with Crippen LogP contribution in [0.1, 0.15) is 44.7 Å². The topological polar surface area (TPSA) is 65.7 Å². The zero-order chi connectivity index (χ0) is 16.8. The van der Waals surface area contributed by atoms with Crippen LogP contribution in [0.3, 0.4) is 0 Å². The number of aliphatic imine (C=N–C) groups is 1. The summed E-state index contributed by atoms with van der Waals surface area (Å²) in [5, 5.41) is 10.9. The molecule has 2 N–H and O–H groups in total. The smallest absolute Gasteiger partial charge is 0.191 e. The number of guanidine groups is 1. The van der Waals surface area contributed by atoms with Gasteiger partial charge in [0.15, 0.2) is 5.96 Å². The van der Waals surface area contributed by atoms with Crippen molar-refractivity contribution in [3.8, 4) is 0 Å². The molecule has 1 aromatic heterocycles. The molecule has 0 amide bonds. The minimum absolute atomic E-state index is 0.0535. The first-order valence-electron chi connectivity index (χ1n) is 7.93. The minimum Gasteiger partial charge on any atom is -0.361 e. The zero-order valence-corrected chi connectivity index (χ0v) is 15.1. The number of hydrogen-bond donors (Lipinski definition) is 2. The number of nitrogens with zero attached hydrogens (tertiary/aromatic N) is 3. The molecule has 1 rings (SSSR count). The Morgan fingerprint density at radius 1 is 1.23 bits per heavy atom. The van der Waals surface area contributed by atoms with E-state index in [1.54, 1.807) is 7.05 Å². The van der Waals surface area contributed by atoms with Crippen molar-refractivity contribution < 1.29 is 4.52 Å². The minimum atomic E-state index is 0.0535. The quantitative estimate of drug-likeness (QED) is 0.594. The van der Waals surface area contributed by atoms with Crippen LogP contribution in [-0.4, -0.2) is 49.2 Å². The predicted octanol–water partition coefficient (Wildman–Crippen LogP) is 1.80. The fourth-order valence-electron chi connectivity index (χ4n) is 1.99. The molecule has 0 bridgehead atoms. The van der Waals surface area contributed by atoms with Crippen molar-refractivity contribution in [2.45, 2.75) is 52.6 Å². The summed E-state index contributed by atoms with van der Waals surface area (Å²) >= 11 is 0. The summed E-state index contributed by atoms with van der Waals surface area (Å²) in [7, 11) is 5.94. The molecule has 0 unspecified atom stereocenters. The first-order chi connectivity index (χ1) is 10.4. The number of likely N-dealkylation sites (N-methyl/N-ethyl adjacent to an activating group) is 1. The highest BCUT2D eigenvalue weighted by Crippen LogP contribution is 2.15. The second kappa shape index (κ2) is 8.17. The van der Waals surface area contributed by atoms with Gasteiger partial charge >= 0.3 is 0 Å². The summed E-state index contributed by atoms with van der Waals surface area (Å²) in [6.45, 7) is 10.0. The Hall–Kier alpha value is -1.56. The lowest BCUT2D eigenvalue weighted by atomic mass is 10.0. The van der Waals surface area contributed by atoms with Gasteiger partial charge in [0.1, 0.15) is 5.76 Å². The van der Waals surface area contributed by atoms with Crippen molar-refractivity contribution in [1.82, 2.24) is 20.7 Å². The number of hydrogen-bond acceptors (Lipinski definition) is 4. The molecular weight excluding hydrogens is 278 g/mol. The van der Waals surface area contributed by atoms with Crippen LogP contribution in [0.4, 0.5) is 0 Å². The van der Waals surface area contributed by atoms with Crippen molar-refractivity contribution in [3.05, 3.63) is 17.0 Å². The summed E-state index contributed by atoms with van der Waals surface area (Å²) in [5.41, 5.74) is 2.23. The molecule has 0 fully saturated rings. The fourth-order valence-corrected chi connectivity index (χ4v) is 1.99. The van der Waals surface area contributed by atoms with Crippen LogP contribution in [-0.2, 0) is 19.4 Å². The van der Waals surface area contributed by atoms with E-state index in [1.165, 1.54) is 0 Å². The Balaban J connectivity index is 2.64. The van der Waals surface area contributed by atoms with E-state index in [2.05, 4.69) is 67.5 Å². The third-order valence-corrected chi connectivity index (χ3v) is 4.16. The lowest BCUT2D eigenvalue weighted by Gasteiger charge is -2.33. The van der Waals surface area contributed by atoms with E-state index in [0.717, 1.165) is 42.4 Å². The van der Waals surface area contributed by atoms with Gasteiger partial charge in [-0.15, -0.1) is 0 Å². The van der Waals surface area contributed by atoms with E-state index >= 15 is 0 Å². The van der Waals surface area contributed by atoms with Crippen molar-refractivity contribution in [1.29, 1.82) is 0 Å². The third kappa shape index (κ3) is 4.73. The molecule has 0 aliphatic heterocycles. The molecule has 0 atom stereocenters. The SMILES string of the molecule is CCc1noc(CC)c1CNC(=NC)NCC(C)(C)N(C)C. The standard InChI is InChI=1S/C16H31N5O/c1-8-13-12(14(9-2)22-20-13)10-18-15(17-5)19-11-16(3,4)21(6)7/h8-11H2,1-7H3,(H2,17,18,19). The monoisotopic (exact) mass is 309 g/mol. The zero-order valence-electron chi connectivity index (χ0n) is 15.1. The van der Waals surface area contributed by atoms with Crippen molar-refractivity contribution in [2.24, 2.45) is 4.99 Å². The van der Waals surface area contributed by atoms with E-state index in [1.807, 2.05) is 0 Å². The van der Waals surface area contributed by atoms with Crippen LogP contribution in [0.5, 0.6) is 0 Å². The number of nitrogens with one attached hydrogen (secondary N) is 2. The highest BCUT2D eigenvalue weighted by Gasteiger charge is 2.20. The van der Waals surface area contributed by atoms with Gasteiger partial charge in [-0.25, -0.2) is 0 Å². The van der Waals surface area contributed by atoms with Crippen LogP contribution in [0.15, 0.2) is 9.52 Å². The van der Waals surface area contributed by atoms with Gasteiger partial charge in [0.2, 0.25) is 0 Å². The summed E-state index contributed by atoms with van der Waals surface area (Å²) in [6.07, 6.45) is 1.73. The Morgan fingerprint density at radius 3 is 2.41 bits per heavy atom. The van der Waals surface area contributed by atoms with Gasteiger partial charge in [-0.1, -0.05) is 19.0 Å². The Bertz CT molecular complexity index is 469. The molecule has 6 heteroatoms. The van der Waals surface area contributed by atoms with Crippen LogP contribution >= 0.6 is 0 Å². The van der Waals surface area contributed by atoms with Crippen LogP contribution in [0, 0.1) is 0 Å². The fraction of sp³-hybridized carbons (Fsp3) is 0.750. The van der Waals surface area contributed by atoms with Gasteiger partial charge in [-0.2, -0.15) is 0 Å². The molecule has 1 aromatic rings. The third-order valence-electron chi connectivity index (χ3n) is 4.16. The molecule has 0 aromatic carbocycles.